The molecular weight excluding hydrogens is 295 g/mol. The Morgan fingerprint density at radius 1 is 1.04 bits per heavy atom. The third kappa shape index (κ3) is 4.29. The maximum atomic E-state index is 12.9. The summed E-state index contributed by atoms with van der Waals surface area (Å²) in [6.07, 6.45) is 1.63. The summed E-state index contributed by atoms with van der Waals surface area (Å²) < 4.78 is 18.2. The SMILES string of the molecule is Cc1cc(NCc2ccc(F)cc2)nc(NCc2ccco2)n1. The van der Waals surface area contributed by atoms with Crippen molar-refractivity contribution < 1.29 is 8.81 Å². The van der Waals surface area contributed by atoms with Crippen LogP contribution in [0.2, 0.25) is 0 Å². The first kappa shape index (κ1) is 15.0. The summed E-state index contributed by atoms with van der Waals surface area (Å²) in [5.74, 6) is 1.82. The van der Waals surface area contributed by atoms with E-state index in [4.69, 9.17) is 4.42 Å². The molecule has 3 rings (SSSR count). The van der Waals surface area contributed by atoms with Gasteiger partial charge in [-0.25, -0.2) is 9.37 Å². The van der Waals surface area contributed by atoms with Crippen molar-refractivity contribution in [3.05, 3.63) is 71.6 Å². The molecule has 118 valence electrons. The van der Waals surface area contributed by atoms with Crippen molar-refractivity contribution in [3.63, 3.8) is 0 Å². The van der Waals surface area contributed by atoms with Gasteiger partial charge in [0.25, 0.3) is 0 Å². The van der Waals surface area contributed by atoms with Gasteiger partial charge in [-0.2, -0.15) is 4.98 Å². The smallest absolute Gasteiger partial charge is 0.225 e. The Morgan fingerprint density at radius 2 is 1.87 bits per heavy atom. The van der Waals surface area contributed by atoms with Gasteiger partial charge < -0.3 is 15.1 Å². The average molecular weight is 312 g/mol. The fourth-order valence-electron chi connectivity index (χ4n) is 2.11. The molecule has 0 saturated carbocycles. The first-order valence-electron chi connectivity index (χ1n) is 7.29. The first-order chi connectivity index (χ1) is 11.2. The monoisotopic (exact) mass is 312 g/mol. The van der Waals surface area contributed by atoms with Crippen LogP contribution in [0.3, 0.4) is 0 Å². The van der Waals surface area contributed by atoms with Gasteiger partial charge in [0.15, 0.2) is 0 Å². The van der Waals surface area contributed by atoms with E-state index >= 15 is 0 Å². The Labute approximate surface area is 133 Å². The molecule has 2 N–H and O–H groups in total. The van der Waals surface area contributed by atoms with Crippen molar-refractivity contribution in [3.8, 4) is 0 Å². The standard InChI is InChI=1S/C17H17FN4O/c1-12-9-16(19-10-13-4-6-14(18)7-5-13)22-17(21-12)20-11-15-3-2-8-23-15/h2-9H,10-11H2,1H3,(H2,19,20,21,22). The highest BCUT2D eigenvalue weighted by Crippen LogP contribution is 2.13. The van der Waals surface area contributed by atoms with Crippen LogP contribution in [-0.4, -0.2) is 9.97 Å². The molecule has 0 spiro atoms. The zero-order valence-electron chi connectivity index (χ0n) is 12.7. The second-order valence-corrected chi connectivity index (χ2v) is 5.13. The number of nitrogens with one attached hydrogen (secondary N) is 2. The Balaban J connectivity index is 1.63. The third-order valence-electron chi connectivity index (χ3n) is 3.24. The Hall–Kier alpha value is -2.89. The van der Waals surface area contributed by atoms with Gasteiger partial charge in [0.1, 0.15) is 17.4 Å². The molecule has 0 fully saturated rings. The fourth-order valence-corrected chi connectivity index (χ4v) is 2.11. The molecule has 3 aromatic rings. The minimum Gasteiger partial charge on any atom is -0.467 e. The average Bonchev–Trinajstić information content (AvgIpc) is 3.05. The van der Waals surface area contributed by atoms with E-state index in [0.717, 1.165) is 17.0 Å². The lowest BCUT2D eigenvalue weighted by molar-refractivity contribution is 0.517. The Kier molecular flexibility index (Phi) is 4.52. The van der Waals surface area contributed by atoms with Gasteiger partial charge in [0, 0.05) is 18.3 Å². The van der Waals surface area contributed by atoms with Crippen molar-refractivity contribution in [2.45, 2.75) is 20.0 Å². The van der Waals surface area contributed by atoms with Gasteiger partial charge in [-0.05, 0) is 36.8 Å². The number of nitrogens with zero attached hydrogens (tertiary/aromatic N) is 2. The van der Waals surface area contributed by atoms with E-state index in [0.29, 0.717) is 24.9 Å². The van der Waals surface area contributed by atoms with Crippen molar-refractivity contribution in [1.29, 1.82) is 0 Å². The summed E-state index contributed by atoms with van der Waals surface area (Å²) in [4.78, 5) is 8.76. The summed E-state index contributed by atoms with van der Waals surface area (Å²) >= 11 is 0. The summed E-state index contributed by atoms with van der Waals surface area (Å²) in [6, 6.07) is 12.0. The summed E-state index contributed by atoms with van der Waals surface area (Å²) in [6.45, 7) is 2.99. The quantitative estimate of drug-likeness (QED) is 0.726. The van der Waals surface area contributed by atoms with Gasteiger partial charge in [0.2, 0.25) is 5.95 Å². The molecule has 0 saturated heterocycles. The van der Waals surface area contributed by atoms with Crippen LogP contribution >= 0.6 is 0 Å². The number of anilines is 2. The minimum absolute atomic E-state index is 0.240. The molecule has 2 heterocycles. The number of hydrogen-bond acceptors (Lipinski definition) is 5. The number of hydrogen-bond donors (Lipinski definition) is 2. The topological polar surface area (TPSA) is 63.0 Å². The van der Waals surface area contributed by atoms with Gasteiger partial charge in [-0.15, -0.1) is 0 Å². The van der Waals surface area contributed by atoms with E-state index in [2.05, 4.69) is 20.6 Å². The number of furan rings is 1. The van der Waals surface area contributed by atoms with Gasteiger partial charge in [0.05, 0.1) is 12.8 Å². The van der Waals surface area contributed by atoms with Crippen LogP contribution in [0.5, 0.6) is 0 Å². The molecule has 0 unspecified atom stereocenters. The van der Waals surface area contributed by atoms with Crippen LogP contribution in [-0.2, 0) is 13.1 Å². The highest BCUT2D eigenvalue weighted by atomic mass is 19.1. The minimum atomic E-state index is -0.240. The number of aromatic nitrogens is 2. The summed E-state index contributed by atoms with van der Waals surface area (Å²) in [5, 5.41) is 6.35. The third-order valence-corrected chi connectivity index (χ3v) is 3.24. The molecule has 2 aromatic heterocycles. The van der Waals surface area contributed by atoms with Crippen LogP contribution in [0.25, 0.3) is 0 Å². The first-order valence-corrected chi connectivity index (χ1v) is 7.29. The molecule has 0 aliphatic heterocycles. The molecule has 6 heteroatoms. The van der Waals surface area contributed by atoms with Crippen LogP contribution < -0.4 is 10.6 Å². The van der Waals surface area contributed by atoms with Crippen molar-refractivity contribution in [2.24, 2.45) is 0 Å². The van der Waals surface area contributed by atoms with Gasteiger partial charge >= 0.3 is 0 Å². The number of aryl methyl sites for hydroxylation is 1. The van der Waals surface area contributed by atoms with Gasteiger partial charge in [-0.3, -0.25) is 0 Å². The molecule has 1 aromatic carbocycles. The molecule has 5 nitrogen and oxygen atoms in total. The maximum Gasteiger partial charge on any atom is 0.225 e. The van der Waals surface area contributed by atoms with Crippen molar-refractivity contribution >= 4 is 11.8 Å². The normalized spacial score (nSPS) is 10.5. The Morgan fingerprint density at radius 3 is 2.61 bits per heavy atom. The molecule has 0 amide bonds. The maximum absolute atomic E-state index is 12.9. The largest absolute Gasteiger partial charge is 0.467 e. The molecule has 0 radical (unpaired) electrons. The zero-order valence-corrected chi connectivity index (χ0v) is 12.7. The highest BCUT2D eigenvalue weighted by Gasteiger charge is 2.04. The van der Waals surface area contributed by atoms with E-state index < -0.39 is 0 Å². The lowest BCUT2D eigenvalue weighted by Gasteiger charge is -2.09. The van der Waals surface area contributed by atoms with Crippen LogP contribution in [0.4, 0.5) is 16.2 Å². The summed E-state index contributed by atoms with van der Waals surface area (Å²) in [5.41, 5.74) is 1.83. The lowest BCUT2D eigenvalue weighted by Crippen LogP contribution is -2.07. The van der Waals surface area contributed by atoms with E-state index in [1.807, 2.05) is 25.1 Å². The molecule has 23 heavy (non-hydrogen) atoms. The predicted octanol–water partition coefficient (Wildman–Crippen LogP) is 3.74. The molecular formula is C17H17FN4O. The van der Waals surface area contributed by atoms with Crippen molar-refractivity contribution in [2.75, 3.05) is 10.6 Å². The molecule has 0 bridgehead atoms. The molecule has 0 aliphatic carbocycles. The van der Waals surface area contributed by atoms with Crippen LogP contribution in [0.1, 0.15) is 17.0 Å². The number of benzene rings is 1. The number of rotatable bonds is 6. The van der Waals surface area contributed by atoms with E-state index in [-0.39, 0.29) is 5.82 Å². The van der Waals surface area contributed by atoms with Crippen LogP contribution in [0, 0.1) is 12.7 Å². The highest BCUT2D eigenvalue weighted by molar-refractivity contribution is 5.42. The predicted molar refractivity (Wildman–Crippen MR) is 86.5 cm³/mol. The second-order valence-electron chi connectivity index (χ2n) is 5.13. The van der Waals surface area contributed by atoms with E-state index in [1.165, 1.54) is 12.1 Å². The summed E-state index contributed by atoms with van der Waals surface area (Å²) in [7, 11) is 0. The molecule has 0 atom stereocenters. The zero-order chi connectivity index (χ0) is 16.1. The Bertz CT molecular complexity index is 757. The van der Waals surface area contributed by atoms with E-state index in [1.54, 1.807) is 18.4 Å². The van der Waals surface area contributed by atoms with E-state index in [9.17, 15) is 4.39 Å². The number of halogens is 1. The lowest BCUT2D eigenvalue weighted by atomic mass is 10.2. The van der Waals surface area contributed by atoms with Crippen molar-refractivity contribution in [1.82, 2.24) is 9.97 Å². The van der Waals surface area contributed by atoms with Crippen LogP contribution in [0.15, 0.2) is 53.1 Å². The fraction of sp³-hybridized carbons (Fsp3) is 0.176. The van der Waals surface area contributed by atoms with Gasteiger partial charge in [-0.1, -0.05) is 12.1 Å². The second kappa shape index (κ2) is 6.91. The molecule has 0 aliphatic rings.